The molecule has 0 saturated carbocycles. The normalized spacial score (nSPS) is 15.4. The van der Waals surface area contributed by atoms with Gasteiger partial charge >= 0.3 is 0 Å². The van der Waals surface area contributed by atoms with Crippen LogP contribution in [0.3, 0.4) is 0 Å². The highest BCUT2D eigenvalue weighted by Crippen LogP contribution is 2.41. The number of fused-ring (bicyclic) bond motifs is 1. The van der Waals surface area contributed by atoms with Gasteiger partial charge in [-0.05, 0) is 24.0 Å². The van der Waals surface area contributed by atoms with Gasteiger partial charge in [-0.15, -0.1) is 0 Å². The molecular weight excluding hydrogens is 384 g/mol. The highest BCUT2D eigenvalue weighted by molar-refractivity contribution is 6.04. The third-order valence-electron chi connectivity index (χ3n) is 5.54. The Morgan fingerprint density at radius 1 is 1.13 bits per heavy atom. The number of rotatable bonds is 5. The predicted octanol–water partition coefficient (Wildman–Crippen LogP) is 3.52. The van der Waals surface area contributed by atoms with Crippen molar-refractivity contribution in [3.8, 4) is 28.5 Å². The molecule has 0 unspecified atom stereocenters. The van der Waals surface area contributed by atoms with E-state index in [1.54, 1.807) is 33.7 Å². The Bertz CT molecular complexity index is 1080. The maximum Gasteiger partial charge on any atom is 0.257 e. The van der Waals surface area contributed by atoms with Gasteiger partial charge < -0.3 is 24.1 Å². The largest absolute Gasteiger partial charge is 0.493 e. The van der Waals surface area contributed by atoms with Crippen LogP contribution in [0.2, 0.25) is 0 Å². The molecule has 3 heterocycles. The van der Waals surface area contributed by atoms with Crippen molar-refractivity contribution in [2.24, 2.45) is 5.41 Å². The van der Waals surface area contributed by atoms with Crippen molar-refractivity contribution in [2.75, 3.05) is 34.4 Å². The third kappa shape index (κ3) is 3.42. The first-order valence-corrected chi connectivity index (χ1v) is 9.80. The third-order valence-corrected chi connectivity index (χ3v) is 5.54. The van der Waals surface area contributed by atoms with Crippen LogP contribution >= 0.6 is 0 Å². The number of carbonyl (C=O) groups excluding carboxylic acids is 1. The van der Waals surface area contributed by atoms with Crippen LogP contribution in [-0.4, -0.2) is 60.2 Å². The lowest BCUT2D eigenvalue weighted by atomic mass is 9.93. The van der Waals surface area contributed by atoms with Crippen LogP contribution in [0.4, 0.5) is 0 Å². The Morgan fingerprint density at radius 3 is 2.40 bits per heavy atom. The molecule has 8 heteroatoms. The number of ether oxygens (including phenoxy) is 3. The van der Waals surface area contributed by atoms with Gasteiger partial charge in [0, 0.05) is 24.8 Å². The number of H-pyrrole nitrogens is 1. The number of nitrogens with zero attached hydrogens (tertiary/aromatic N) is 3. The summed E-state index contributed by atoms with van der Waals surface area (Å²) >= 11 is 0. The number of nitrogens with one attached hydrogen (secondary N) is 1. The van der Waals surface area contributed by atoms with E-state index in [0.717, 1.165) is 25.1 Å². The van der Waals surface area contributed by atoms with E-state index < -0.39 is 0 Å². The minimum absolute atomic E-state index is 0.0248. The van der Waals surface area contributed by atoms with E-state index in [1.165, 1.54) is 0 Å². The Balaban J connectivity index is 1.76. The second-order valence-corrected chi connectivity index (χ2v) is 8.21. The molecule has 0 spiro atoms. The van der Waals surface area contributed by atoms with Gasteiger partial charge in [0.1, 0.15) is 5.52 Å². The molecule has 30 heavy (non-hydrogen) atoms. The predicted molar refractivity (Wildman–Crippen MR) is 113 cm³/mol. The summed E-state index contributed by atoms with van der Waals surface area (Å²) in [6.45, 7) is 5.84. The number of likely N-dealkylation sites (tertiary alicyclic amines) is 1. The standard InChI is InChI=1S/C22H26N4O4/c1-22(2)6-7-26(12-22)21(27)14-10-23-20-18(14)25-15(11-24-20)13-8-16(28-3)19(30-5)17(9-13)29-4/h8-11H,6-7,12H2,1-5H3,(H,23,24). The van der Waals surface area contributed by atoms with E-state index in [1.807, 2.05) is 17.0 Å². The maximum atomic E-state index is 13.1. The molecular formula is C22H26N4O4. The van der Waals surface area contributed by atoms with Crippen molar-refractivity contribution in [2.45, 2.75) is 20.3 Å². The molecule has 1 aliphatic rings. The number of methoxy groups -OCH3 is 3. The van der Waals surface area contributed by atoms with Gasteiger partial charge in [0.15, 0.2) is 17.1 Å². The highest BCUT2D eigenvalue weighted by Gasteiger charge is 2.33. The van der Waals surface area contributed by atoms with Crippen molar-refractivity contribution in [1.82, 2.24) is 19.9 Å². The summed E-state index contributed by atoms with van der Waals surface area (Å²) in [6.07, 6.45) is 4.34. The van der Waals surface area contributed by atoms with Crippen LogP contribution < -0.4 is 14.2 Å². The number of benzene rings is 1. The second kappa shape index (κ2) is 7.51. The monoisotopic (exact) mass is 410 g/mol. The molecule has 0 aliphatic carbocycles. The summed E-state index contributed by atoms with van der Waals surface area (Å²) in [5, 5.41) is 0. The van der Waals surface area contributed by atoms with Gasteiger partial charge in [-0.3, -0.25) is 4.79 Å². The van der Waals surface area contributed by atoms with Crippen molar-refractivity contribution < 1.29 is 19.0 Å². The molecule has 3 aromatic rings. The second-order valence-electron chi connectivity index (χ2n) is 8.21. The lowest BCUT2D eigenvalue weighted by Gasteiger charge is -2.19. The maximum absolute atomic E-state index is 13.1. The average Bonchev–Trinajstić information content (AvgIpc) is 3.34. The first-order valence-electron chi connectivity index (χ1n) is 9.80. The number of amides is 1. The van der Waals surface area contributed by atoms with Crippen LogP contribution in [0.5, 0.6) is 17.2 Å². The van der Waals surface area contributed by atoms with Crippen LogP contribution in [0.15, 0.2) is 24.5 Å². The molecule has 1 amide bonds. The minimum atomic E-state index is -0.0248. The first-order chi connectivity index (χ1) is 14.4. The Labute approximate surface area is 175 Å². The SMILES string of the molecule is COc1cc(-c2cnc3[nH]cc(C(=O)N4CCC(C)(C)C4)c3n2)cc(OC)c1OC. The molecule has 8 nitrogen and oxygen atoms in total. The summed E-state index contributed by atoms with van der Waals surface area (Å²) in [7, 11) is 4.69. The molecule has 0 bridgehead atoms. The zero-order chi connectivity index (χ0) is 21.5. The lowest BCUT2D eigenvalue weighted by Crippen LogP contribution is -2.30. The quantitative estimate of drug-likeness (QED) is 0.692. The van der Waals surface area contributed by atoms with Gasteiger partial charge in [0.2, 0.25) is 5.75 Å². The smallest absolute Gasteiger partial charge is 0.257 e. The summed E-state index contributed by atoms with van der Waals surface area (Å²) in [6, 6.07) is 3.63. The average molecular weight is 410 g/mol. The van der Waals surface area contributed by atoms with Crippen molar-refractivity contribution in [1.29, 1.82) is 0 Å². The fourth-order valence-electron chi connectivity index (χ4n) is 3.88. The van der Waals surface area contributed by atoms with E-state index >= 15 is 0 Å². The Hall–Kier alpha value is -3.29. The van der Waals surface area contributed by atoms with Gasteiger partial charge in [-0.2, -0.15) is 0 Å². The van der Waals surface area contributed by atoms with E-state index in [-0.39, 0.29) is 11.3 Å². The van der Waals surface area contributed by atoms with Crippen LogP contribution in [-0.2, 0) is 0 Å². The minimum Gasteiger partial charge on any atom is -0.493 e. The fraction of sp³-hybridized carbons (Fsp3) is 0.409. The zero-order valence-electron chi connectivity index (χ0n) is 17.9. The van der Waals surface area contributed by atoms with Gasteiger partial charge in [-0.1, -0.05) is 13.8 Å². The molecule has 1 N–H and O–H groups in total. The van der Waals surface area contributed by atoms with Crippen molar-refractivity contribution in [3.05, 3.63) is 30.1 Å². The van der Waals surface area contributed by atoms with E-state index in [9.17, 15) is 4.79 Å². The molecule has 0 radical (unpaired) electrons. The van der Waals surface area contributed by atoms with Crippen molar-refractivity contribution in [3.63, 3.8) is 0 Å². The number of hydrogen-bond donors (Lipinski definition) is 1. The molecule has 1 fully saturated rings. The molecule has 0 atom stereocenters. The van der Waals surface area contributed by atoms with E-state index in [0.29, 0.717) is 39.7 Å². The summed E-state index contributed by atoms with van der Waals surface area (Å²) in [5.41, 5.74) is 3.15. The Morgan fingerprint density at radius 2 is 1.83 bits per heavy atom. The number of aromatic nitrogens is 3. The summed E-state index contributed by atoms with van der Waals surface area (Å²) in [4.78, 5) is 27.3. The van der Waals surface area contributed by atoms with Crippen LogP contribution in [0.25, 0.3) is 22.4 Å². The Kier molecular flexibility index (Phi) is 5.01. The van der Waals surface area contributed by atoms with Crippen LogP contribution in [0, 0.1) is 5.41 Å². The molecule has 1 aliphatic heterocycles. The summed E-state index contributed by atoms with van der Waals surface area (Å²) in [5.74, 6) is 1.53. The summed E-state index contributed by atoms with van der Waals surface area (Å²) < 4.78 is 16.3. The van der Waals surface area contributed by atoms with Crippen molar-refractivity contribution >= 4 is 17.1 Å². The zero-order valence-corrected chi connectivity index (χ0v) is 17.9. The first kappa shape index (κ1) is 20.0. The lowest BCUT2D eigenvalue weighted by molar-refractivity contribution is 0.0780. The number of aromatic amines is 1. The molecule has 2 aromatic heterocycles. The van der Waals surface area contributed by atoms with Gasteiger partial charge in [0.05, 0.1) is 38.8 Å². The van der Waals surface area contributed by atoms with Gasteiger partial charge in [-0.25, -0.2) is 9.97 Å². The fourth-order valence-corrected chi connectivity index (χ4v) is 3.88. The van der Waals surface area contributed by atoms with E-state index in [2.05, 4.69) is 23.8 Å². The van der Waals surface area contributed by atoms with Gasteiger partial charge in [0.25, 0.3) is 5.91 Å². The topological polar surface area (TPSA) is 89.6 Å². The molecule has 158 valence electrons. The number of hydrogen-bond acceptors (Lipinski definition) is 6. The van der Waals surface area contributed by atoms with E-state index in [4.69, 9.17) is 19.2 Å². The number of carbonyl (C=O) groups is 1. The molecule has 1 aromatic carbocycles. The molecule has 1 saturated heterocycles. The highest BCUT2D eigenvalue weighted by atomic mass is 16.5. The van der Waals surface area contributed by atoms with Crippen LogP contribution in [0.1, 0.15) is 30.6 Å². The molecule has 4 rings (SSSR count).